The fourth-order valence-electron chi connectivity index (χ4n) is 3.16. The summed E-state index contributed by atoms with van der Waals surface area (Å²) in [6, 6.07) is 7.34. The lowest BCUT2D eigenvalue weighted by atomic mass is 9.98. The van der Waals surface area contributed by atoms with Crippen LogP contribution >= 0.6 is 0 Å². The Morgan fingerprint density at radius 2 is 2.15 bits per heavy atom. The predicted octanol–water partition coefficient (Wildman–Crippen LogP) is 1.52. The zero-order valence-corrected chi connectivity index (χ0v) is 15.2. The molecule has 1 aliphatic rings. The van der Waals surface area contributed by atoms with E-state index >= 15 is 0 Å². The van der Waals surface area contributed by atoms with E-state index in [0.29, 0.717) is 18.3 Å². The summed E-state index contributed by atoms with van der Waals surface area (Å²) >= 11 is 0. The van der Waals surface area contributed by atoms with E-state index in [2.05, 4.69) is 25.7 Å². The normalized spacial score (nSPS) is 16.0. The molecule has 27 heavy (non-hydrogen) atoms. The van der Waals surface area contributed by atoms with Gasteiger partial charge in [-0.3, -0.25) is 4.79 Å². The molecule has 9 nitrogen and oxygen atoms in total. The summed E-state index contributed by atoms with van der Waals surface area (Å²) in [6.45, 7) is 2.73. The van der Waals surface area contributed by atoms with Crippen molar-refractivity contribution in [2.75, 3.05) is 7.11 Å². The average molecular weight is 368 g/mol. The summed E-state index contributed by atoms with van der Waals surface area (Å²) in [4.78, 5) is 16.8. The highest BCUT2D eigenvalue weighted by molar-refractivity contribution is 5.78. The average Bonchev–Trinajstić information content (AvgIpc) is 3.33. The minimum atomic E-state index is -0.111. The number of ether oxygens (including phenoxy) is 1. The van der Waals surface area contributed by atoms with Crippen molar-refractivity contribution in [3.8, 4) is 17.2 Å². The number of amides is 1. The van der Waals surface area contributed by atoms with Crippen molar-refractivity contribution in [2.24, 2.45) is 5.92 Å². The number of hydrogen-bond donors (Lipinski definition) is 1. The van der Waals surface area contributed by atoms with Crippen molar-refractivity contribution in [1.29, 1.82) is 0 Å². The van der Waals surface area contributed by atoms with Crippen molar-refractivity contribution in [2.45, 2.75) is 32.9 Å². The van der Waals surface area contributed by atoms with Crippen LogP contribution in [0.5, 0.6) is 5.75 Å². The third kappa shape index (κ3) is 3.53. The summed E-state index contributed by atoms with van der Waals surface area (Å²) in [6.07, 6.45) is 1.51. The van der Waals surface area contributed by atoms with Gasteiger partial charge in [0.2, 0.25) is 5.91 Å². The highest BCUT2D eigenvalue weighted by Crippen LogP contribution is 2.22. The van der Waals surface area contributed by atoms with Gasteiger partial charge in [0.1, 0.15) is 17.4 Å². The molecule has 4 rings (SSSR count). The van der Waals surface area contributed by atoms with Gasteiger partial charge in [-0.05, 0) is 37.6 Å². The van der Waals surface area contributed by atoms with Crippen molar-refractivity contribution < 1.29 is 14.1 Å². The summed E-state index contributed by atoms with van der Waals surface area (Å²) in [5.74, 6) is 3.24. The number of benzene rings is 1. The molecule has 0 bridgehead atoms. The number of carbonyl (C=O) groups excluding carboxylic acids is 1. The number of aromatic nitrogens is 5. The Hall–Kier alpha value is -3.23. The fourth-order valence-corrected chi connectivity index (χ4v) is 3.16. The molecule has 140 valence electrons. The van der Waals surface area contributed by atoms with Crippen molar-refractivity contribution in [3.63, 3.8) is 0 Å². The number of carbonyl (C=O) groups is 1. The van der Waals surface area contributed by atoms with Crippen LogP contribution in [0, 0.1) is 12.8 Å². The zero-order valence-electron chi connectivity index (χ0n) is 15.2. The van der Waals surface area contributed by atoms with Crippen LogP contribution in [0.1, 0.15) is 23.9 Å². The molecule has 2 aromatic heterocycles. The van der Waals surface area contributed by atoms with Crippen LogP contribution in [-0.4, -0.2) is 37.9 Å². The van der Waals surface area contributed by atoms with Crippen LogP contribution in [0.15, 0.2) is 28.8 Å². The van der Waals surface area contributed by atoms with Crippen LogP contribution in [0.2, 0.25) is 0 Å². The van der Waals surface area contributed by atoms with Crippen molar-refractivity contribution >= 4 is 5.91 Å². The predicted molar refractivity (Wildman–Crippen MR) is 94.7 cm³/mol. The largest absolute Gasteiger partial charge is 0.497 e. The van der Waals surface area contributed by atoms with E-state index in [9.17, 15) is 4.79 Å². The van der Waals surface area contributed by atoms with Crippen LogP contribution in [0.25, 0.3) is 11.5 Å². The van der Waals surface area contributed by atoms with Gasteiger partial charge in [-0.1, -0.05) is 5.16 Å². The molecule has 1 atom stereocenters. The monoisotopic (exact) mass is 368 g/mol. The van der Waals surface area contributed by atoms with Gasteiger partial charge in [0.15, 0.2) is 5.82 Å². The molecule has 0 saturated heterocycles. The summed E-state index contributed by atoms with van der Waals surface area (Å²) in [5, 5.41) is 15.0. The molecular weight excluding hydrogens is 348 g/mol. The molecule has 1 aromatic carbocycles. The van der Waals surface area contributed by atoms with Gasteiger partial charge in [0.25, 0.3) is 5.89 Å². The maximum absolute atomic E-state index is 12.5. The first-order valence-corrected chi connectivity index (χ1v) is 8.77. The lowest BCUT2D eigenvalue weighted by Gasteiger charge is -2.22. The molecule has 9 heteroatoms. The first-order valence-electron chi connectivity index (χ1n) is 8.77. The summed E-state index contributed by atoms with van der Waals surface area (Å²) in [7, 11) is 1.61. The molecule has 3 heterocycles. The van der Waals surface area contributed by atoms with E-state index in [1.165, 1.54) is 0 Å². The third-order valence-electron chi connectivity index (χ3n) is 4.73. The van der Waals surface area contributed by atoms with Gasteiger partial charge in [0.05, 0.1) is 19.6 Å². The second-order valence-electron chi connectivity index (χ2n) is 6.47. The van der Waals surface area contributed by atoms with Crippen LogP contribution in [0.3, 0.4) is 0 Å². The first-order chi connectivity index (χ1) is 13.1. The van der Waals surface area contributed by atoms with Gasteiger partial charge < -0.3 is 19.1 Å². The zero-order chi connectivity index (χ0) is 18.8. The van der Waals surface area contributed by atoms with E-state index < -0.39 is 0 Å². The molecule has 0 saturated carbocycles. The van der Waals surface area contributed by atoms with Crippen molar-refractivity contribution in [3.05, 3.63) is 41.7 Å². The first kappa shape index (κ1) is 17.2. The molecule has 1 aliphatic heterocycles. The number of hydrogen-bond acceptors (Lipinski definition) is 7. The lowest BCUT2D eigenvalue weighted by molar-refractivity contribution is -0.126. The summed E-state index contributed by atoms with van der Waals surface area (Å²) in [5.41, 5.74) is 0.795. The van der Waals surface area contributed by atoms with E-state index in [1.807, 2.05) is 35.8 Å². The minimum absolute atomic E-state index is 0.0236. The number of nitrogens with zero attached hydrogens (tertiary/aromatic N) is 5. The van der Waals surface area contributed by atoms with Gasteiger partial charge in [-0.2, -0.15) is 4.98 Å². The van der Waals surface area contributed by atoms with Gasteiger partial charge >= 0.3 is 0 Å². The molecule has 1 amide bonds. The second-order valence-corrected chi connectivity index (χ2v) is 6.47. The van der Waals surface area contributed by atoms with E-state index in [0.717, 1.165) is 35.8 Å². The molecule has 0 aliphatic carbocycles. The molecular formula is C18H20N6O3. The SMILES string of the molecule is COc1ccc(-c2nc(CNC(=O)C3CCc4nnc(C)n4C3)no2)cc1. The number of nitrogens with one attached hydrogen (secondary N) is 1. The maximum atomic E-state index is 12.5. The molecule has 0 radical (unpaired) electrons. The topological polar surface area (TPSA) is 108 Å². The van der Waals surface area contributed by atoms with Gasteiger partial charge in [-0.25, -0.2) is 0 Å². The summed E-state index contributed by atoms with van der Waals surface area (Å²) < 4.78 is 12.4. The quantitative estimate of drug-likeness (QED) is 0.727. The maximum Gasteiger partial charge on any atom is 0.257 e. The highest BCUT2D eigenvalue weighted by Gasteiger charge is 2.26. The van der Waals surface area contributed by atoms with Crippen LogP contribution < -0.4 is 10.1 Å². The van der Waals surface area contributed by atoms with Crippen molar-refractivity contribution in [1.82, 2.24) is 30.2 Å². The molecule has 1 N–H and O–H groups in total. The number of rotatable bonds is 5. The Kier molecular flexibility index (Phi) is 4.57. The Morgan fingerprint density at radius 3 is 2.93 bits per heavy atom. The lowest BCUT2D eigenvalue weighted by Crippen LogP contribution is -2.36. The van der Waals surface area contributed by atoms with Crippen LogP contribution in [-0.2, 0) is 24.3 Å². The number of aryl methyl sites for hydroxylation is 2. The van der Waals surface area contributed by atoms with Gasteiger partial charge in [0, 0.05) is 18.5 Å². The van der Waals surface area contributed by atoms with Crippen LogP contribution in [0.4, 0.5) is 0 Å². The molecule has 1 unspecified atom stereocenters. The Bertz CT molecular complexity index is 946. The third-order valence-corrected chi connectivity index (χ3v) is 4.73. The molecule has 0 spiro atoms. The second kappa shape index (κ2) is 7.18. The van der Waals surface area contributed by atoms with E-state index in [-0.39, 0.29) is 18.4 Å². The van der Waals surface area contributed by atoms with E-state index in [1.54, 1.807) is 7.11 Å². The number of fused-ring (bicyclic) bond motifs is 1. The molecule has 0 fully saturated rings. The Morgan fingerprint density at radius 1 is 1.33 bits per heavy atom. The van der Waals surface area contributed by atoms with Gasteiger partial charge in [-0.15, -0.1) is 10.2 Å². The Labute approximate surface area is 155 Å². The highest BCUT2D eigenvalue weighted by atomic mass is 16.5. The minimum Gasteiger partial charge on any atom is -0.497 e. The van der Waals surface area contributed by atoms with E-state index in [4.69, 9.17) is 9.26 Å². The smallest absolute Gasteiger partial charge is 0.257 e. The Balaban J connectivity index is 1.36. The standard InChI is InChI=1S/C18H20N6O3/c1-11-21-22-16-8-5-13(10-24(11)16)17(25)19-9-15-20-18(27-23-15)12-3-6-14(26-2)7-4-12/h3-4,6-7,13H,5,8-10H2,1-2H3,(H,19,25). The molecule has 3 aromatic rings. The number of methoxy groups -OCH3 is 1. The fraction of sp³-hybridized carbons (Fsp3) is 0.389.